The van der Waals surface area contributed by atoms with E-state index in [2.05, 4.69) is 50.5 Å². The summed E-state index contributed by atoms with van der Waals surface area (Å²) in [6.07, 6.45) is 5.06. The third-order valence-electron chi connectivity index (χ3n) is 4.56. The Balaban J connectivity index is 1.58. The van der Waals surface area contributed by atoms with Crippen LogP contribution >= 0.6 is 0 Å². The number of rotatable bonds is 5. The minimum absolute atomic E-state index is 0.0969. The van der Waals surface area contributed by atoms with Crippen LogP contribution in [-0.4, -0.2) is 35.0 Å². The second-order valence-corrected chi connectivity index (χ2v) is 6.99. The molecule has 0 radical (unpaired) electrons. The highest BCUT2D eigenvalue weighted by Gasteiger charge is 2.22. The van der Waals surface area contributed by atoms with Gasteiger partial charge in [-0.2, -0.15) is 0 Å². The molecule has 1 saturated heterocycles. The molecule has 3 rings (SSSR count). The van der Waals surface area contributed by atoms with Crippen LogP contribution in [0.1, 0.15) is 42.7 Å². The summed E-state index contributed by atoms with van der Waals surface area (Å²) in [5.41, 5.74) is 1.84. The fourth-order valence-electron chi connectivity index (χ4n) is 3.25. The summed E-state index contributed by atoms with van der Waals surface area (Å²) in [7, 11) is 0. The Kier molecular flexibility index (Phi) is 5.64. The minimum Gasteiger partial charge on any atom is -0.349 e. The highest BCUT2D eigenvalue weighted by molar-refractivity contribution is 5.92. The SMILES string of the molecule is CC(C)NC(=O)c1ccnc(N2CCC(Cc3ccccc3)CC2)n1. The predicted octanol–water partition coefficient (Wildman–Crippen LogP) is 3.07. The van der Waals surface area contributed by atoms with Crippen molar-refractivity contribution in [3.8, 4) is 0 Å². The van der Waals surface area contributed by atoms with Crippen LogP contribution in [0.25, 0.3) is 0 Å². The van der Waals surface area contributed by atoms with Gasteiger partial charge in [0.15, 0.2) is 0 Å². The molecule has 1 N–H and O–H groups in total. The van der Waals surface area contributed by atoms with E-state index in [-0.39, 0.29) is 11.9 Å². The van der Waals surface area contributed by atoms with E-state index in [1.54, 1.807) is 12.3 Å². The van der Waals surface area contributed by atoms with Gasteiger partial charge in [0.2, 0.25) is 5.95 Å². The normalized spacial score (nSPS) is 15.4. The standard InChI is InChI=1S/C20H26N4O/c1-15(2)22-19(25)18-8-11-21-20(23-18)24-12-9-17(10-13-24)14-16-6-4-3-5-7-16/h3-8,11,15,17H,9-10,12-14H2,1-2H3,(H,22,25). The smallest absolute Gasteiger partial charge is 0.270 e. The van der Waals surface area contributed by atoms with E-state index in [4.69, 9.17) is 0 Å². The quantitative estimate of drug-likeness (QED) is 0.910. The number of carbonyl (C=O) groups is 1. The van der Waals surface area contributed by atoms with E-state index in [1.165, 1.54) is 5.56 Å². The van der Waals surface area contributed by atoms with Gasteiger partial charge in [-0.15, -0.1) is 0 Å². The first-order chi connectivity index (χ1) is 12.1. The number of piperidine rings is 1. The lowest BCUT2D eigenvalue weighted by atomic mass is 9.90. The van der Waals surface area contributed by atoms with Crippen molar-refractivity contribution < 1.29 is 4.79 Å². The number of amides is 1. The number of aromatic nitrogens is 2. The maximum absolute atomic E-state index is 12.1. The summed E-state index contributed by atoms with van der Waals surface area (Å²) in [6, 6.07) is 12.4. The van der Waals surface area contributed by atoms with Crippen molar-refractivity contribution >= 4 is 11.9 Å². The molecule has 2 heterocycles. The Morgan fingerprint density at radius 2 is 1.92 bits per heavy atom. The van der Waals surface area contributed by atoms with Crippen LogP contribution in [0.15, 0.2) is 42.6 Å². The van der Waals surface area contributed by atoms with Crippen molar-refractivity contribution in [2.24, 2.45) is 5.92 Å². The van der Waals surface area contributed by atoms with Gasteiger partial charge in [-0.1, -0.05) is 30.3 Å². The molecule has 5 nitrogen and oxygen atoms in total. The van der Waals surface area contributed by atoms with Crippen molar-refractivity contribution in [2.75, 3.05) is 18.0 Å². The van der Waals surface area contributed by atoms with E-state index in [1.807, 2.05) is 13.8 Å². The molecule has 5 heteroatoms. The van der Waals surface area contributed by atoms with Crippen LogP contribution in [0, 0.1) is 5.92 Å². The van der Waals surface area contributed by atoms with Crippen LogP contribution in [0.5, 0.6) is 0 Å². The summed E-state index contributed by atoms with van der Waals surface area (Å²) >= 11 is 0. The Hall–Kier alpha value is -2.43. The lowest BCUT2D eigenvalue weighted by Crippen LogP contribution is -2.36. The third-order valence-corrected chi connectivity index (χ3v) is 4.56. The van der Waals surface area contributed by atoms with Crippen LogP contribution in [0.3, 0.4) is 0 Å². The summed E-state index contributed by atoms with van der Waals surface area (Å²) in [4.78, 5) is 23.1. The highest BCUT2D eigenvalue weighted by Crippen LogP contribution is 2.23. The molecule has 25 heavy (non-hydrogen) atoms. The first-order valence-electron chi connectivity index (χ1n) is 9.04. The van der Waals surface area contributed by atoms with Crippen LogP contribution in [0.2, 0.25) is 0 Å². The molecule has 0 bridgehead atoms. The van der Waals surface area contributed by atoms with E-state index < -0.39 is 0 Å². The molecule has 1 aromatic heterocycles. The number of benzene rings is 1. The van der Waals surface area contributed by atoms with E-state index in [9.17, 15) is 4.79 Å². The average Bonchev–Trinajstić information content (AvgIpc) is 2.63. The fraction of sp³-hybridized carbons (Fsp3) is 0.450. The van der Waals surface area contributed by atoms with Crippen LogP contribution in [-0.2, 0) is 6.42 Å². The summed E-state index contributed by atoms with van der Waals surface area (Å²) in [6.45, 7) is 5.76. The van der Waals surface area contributed by atoms with E-state index in [0.29, 0.717) is 17.6 Å². The van der Waals surface area contributed by atoms with Gasteiger partial charge in [0.1, 0.15) is 5.69 Å². The zero-order chi connectivity index (χ0) is 17.6. The molecule has 0 spiro atoms. The average molecular weight is 338 g/mol. The third kappa shape index (κ3) is 4.78. The van der Waals surface area contributed by atoms with Gasteiger partial charge in [0, 0.05) is 25.3 Å². The van der Waals surface area contributed by atoms with Crippen molar-refractivity contribution in [1.82, 2.24) is 15.3 Å². The van der Waals surface area contributed by atoms with Gasteiger partial charge in [0.05, 0.1) is 0 Å². The molecule has 1 aliphatic rings. The van der Waals surface area contributed by atoms with E-state index in [0.717, 1.165) is 32.4 Å². The van der Waals surface area contributed by atoms with Gasteiger partial charge < -0.3 is 10.2 Å². The number of hydrogen-bond acceptors (Lipinski definition) is 4. The number of anilines is 1. The lowest BCUT2D eigenvalue weighted by Gasteiger charge is -2.32. The maximum Gasteiger partial charge on any atom is 0.270 e. The maximum atomic E-state index is 12.1. The van der Waals surface area contributed by atoms with Crippen LogP contribution in [0.4, 0.5) is 5.95 Å². The molecule has 0 atom stereocenters. The van der Waals surface area contributed by atoms with Gasteiger partial charge in [0.25, 0.3) is 5.91 Å². The minimum atomic E-state index is -0.141. The second kappa shape index (κ2) is 8.10. The summed E-state index contributed by atoms with van der Waals surface area (Å²) < 4.78 is 0. The molecule has 1 aliphatic heterocycles. The molecule has 0 saturated carbocycles. The molecule has 1 aromatic carbocycles. The van der Waals surface area contributed by atoms with Gasteiger partial charge in [-0.25, -0.2) is 9.97 Å². The fourth-order valence-corrected chi connectivity index (χ4v) is 3.25. The Bertz CT molecular complexity index is 694. The van der Waals surface area contributed by atoms with Crippen molar-refractivity contribution in [3.05, 3.63) is 53.9 Å². The molecule has 0 unspecified atom stereocenters. The van der Waals surface area contributed by atoms with Crippen molar-refractivity contribution in [3.63, 3.8) is 0 Å². The summed E-state index contributed by atoms with van der Waals surface area (Å²) in [5, 5.41) is 2.88. The Morgan fingerprint density at radius 1 is 1.20 bits per heavy atom. The first-order valence-corrected chi connectivity index (χ1v) is 9.04. The Labute approximate surface area is 149 Å². The van der Waals surface area contributed by atoms with E-state index >= 15 is 0 Å². The van der Waals surface area contributed by atoms with Gasteiger partial charge in [-0.3, -0.25) is 4.79 Å². The monoisotopic (exact) mass is 338 g/mol. The topological polar surface area (TPSA) is 58.1 Å². The molecule has 1 fully saturated rings. The van der Waals surface area contributed by atoms with Gasteiger partial charge >= 0.3 is 0 Å². The van der Waals surface area contributed by atoms with Gasteiger partial charge in [-0.05, 0) is 50.7 Å². The number of nitrogens with one attached hydrogen (secondary N) is 1. The number of hydrogen-bond donors (Lipinski definition) is 1. The second-order valence-electron chi connectivity index (χ2n) is 6.99. The molecule has 2 aromatic rings. The molecular weight excluding hydrogens is 312 g/mol. The molecule has 132 valence electrons. The Morgan fingerprint density at radius 3 is 2.60 bits per heavy atom. The lowest BCUT2D eigenvalue weighted by molar-refractivity contribution is 0.0938. The van der Waals surface area contributed by atoms with Crippen LogP contribution < -0.4 is 10.2 Å². The van der Waals surface area contributed by atoms with Crippen molar-refractivity contribution in [2.45, 2.75) is 39.2 Å². The zero-order valence-electron chi connectivity index (χ0n) is 15.0. The van der Waals surface area contributed by atoms with Crippen molar-refractivity contribution in [1.29, 1.82) is 0 Å². The molecule has 1 amide bonds. The largest absolute Gasteiger partial charge is 0.349 e. The first kappa shape index (κ1) is 17.4. The number of nitrogens with zero attached hydrogens (tertiary/aromatic N) is 3. The summed E-state index contributed by atoms with van der Waals surface area (Å²) in [5.74, 6) is 1.22. The highest BCUT2D eigenvalue weighted by atomic mass is 16.1. The molecule has 0 aliphatic carbocycles. The number of carbonyl (C=O) groups excluding carboxylic acids is 1. The molecular formula is C20H26N4O. The zero-order valence-corrected chi connectivity index (χ0v) is 15.0. The predicted molar refractivity (Wildman–Crippen MR) is 99.7 cm³/mol.